The Morgan fingerprint density at radius 3 is 2.58 bits per heavy atom. The minimum absolute atomic E-state index is 0.158. The Kier molecular flexibility index (Phi) is 4.08. The molecule has 0 aliphatic heterocycles. The van der Waals surface area contributed by atoms with Crippen LogP contribution in [0.2, 0.25) is 0 Å². The number of halogens is 2. The molecule has 0 nitrogen and oxygen atoms in total. The maximum Gasteiger partial charge on any atom is 0.0607 e. The van der Waals surface area contributed by atoms with Crippen molar-refractivity contribution in [1.82, 2.24) is 0 Å². The molecule has 0 aliphatic carbocycles. The first-order valence-corrected chi connectivity index (χ1v) is 6.14. The normalized spacial score (nSPS) is 13.8. The lowest BCUT2D eigenvalue weighted by molar-refractivity contribution is 0.575. The maximum atomic E-state index is 6.22. The highest BCUT2D eigenvalue weighted by molar-refractivity contribution is 9.10. The van der Waals surface area contributed by atoms with Gasteiger partial charge in [-0.2, -0.15) is 11.3 Å². The van der Waals surface area contributed by atoms with E-state index in [0.717, 1.165) is 10.9 Å². The van der Waals surface area contributed by atoms with Crippen molar-refractivity contribution in [3.05, 3.63) is 20.8 Å². The molecule has 0 amide bonds. The Hall–Kier alpha value is 0.470. The van der Waals surface area contributed by atoms with Gasteiger partial charge in [0, 0.05) is 9.85 Å². The van der Waals surface area contributed by atoms with Gasteiger partial charge in [0.05, 0.1) is 5.38 Å². The highest BCUT2D eigenvalue weighted by Crippen LogP contribution is 2.35. The second-order valence-corrected chi connectivity index (χ2v) is 5.40. The van der Waals surface area contributed by atoms with Crippen molar-refractivity contribution in [3.63, 3.8) is 0 Å². The average Bonchev–Trinajstić information content (AvgIpc) is 2.33. The smallest absolute Gasteiger partial charge is 0.0607 e. The van der Waals surface area contributed by atoms with E-state index in [1.54, 1.807) is 11.3 Å². The molecule has 68 valence electrons. The van der Waals surface area contributed by atoms with Crippen molar-refractivity contribution in [1.29, 1.82) is 0 Å². The summed E-state index contributed by atoms with van der Waals surface area (Å²) in [5, 5.41) is 4.35. The van der Waals surface area contributed by atoms with Crippen molar-refractivity contribution in [2.45, 2.75) is 25.6 Å². The van der Waals surface area contributed by atoms with E-state index in [1.807, 2.05) is 0 Å². The summed E-state index contributed by atoms with van der Waals surface area (Å²) in [4.78, 5) is 0. The summed E-state index contributed by atoms with van der Waals surface area (Å²) in [6.45, 7) is 4.38. The molecule has 0 N–H and O–H groups in total. The molecule has 0 aliphatic rings. The van der Waals surface area contributed by atoms with Gasteiger partial charge in [-0.1, -0.05) is 13.8 Å². The Balaban J connectivity index is 2.65. The molecule has 0 fully saturated rings. The summed E-state index contributed by atoms with van der Waals surface area (Å²) >= 11 is 11.4. The van der Waals surface area contributed by atoms with Crippen molar-refractivity contribution in [3.8, 4) is 0 Å². The molecular weight excluding hydrogens is 256 g/mol. The van der Waals surface area contributed by atoms with Crippen LogP contribution < -0.4 is 0 Å². The van der Waals surface area contributed by atoms with E-state index in [-0.39, 0.29) is 5.38 Å². The molecule has 1 unspecified atom stereocenters. The SMILES string of the molecule is CC(C)CC(Cl)c1cscc1Br. The fourth-order valence-electron chi connectivity index (χ4n) is 1.06. The highest BCUT2D eigenvalue weighted by atomic mass is 79.9. The van der Waals surface area contributed by atoms with Crippen LogP contribution in [0.15, 0.2) is 15.2 Å². The molecule has 0 saturated heterocycles. The monoisotopic (exact) mass is 266 g/mol. The summed E-state index contributed by atoms with van der Waals surface area (Å²) in [7, 11) is 0. The number of thiophene rings is 1. The number of alkyl halides is 1. The molecule has 3 heteroatoms. The Morgan fingerprint density at radius 1 is 1.50 bits per heavy atom. The van der Waals surface area contributed by atoms with Crippen LogP contribution in [0.4, 0.5) is 0 Å². The van der Waals surface area contributed by atoms with Crippen LogP contribution in [0, 0.1) is 5.92 Å². The Morgan fingerprint density at radius 2 is 2.17 bits per heavy atom. The van der Waals surface area contributed by atoms with Gasteiger partial charge < -0.3 is 0 Å². The standard InChI is InChI=1S/C9H12BrClS/c1-6(2)3-9(11)7-4-12-5-8(7)10/h4-6,9H,3H2,1-2H3. The van der Waals surface area contributed by atoms with Gasteiger partial charge in [-0.25, -0.2) is 0 Å². The fourth-order valence-corrected chi connectivity index (χ4v) is 3.43. The van der Waals surface area contributed by atoms with Crippen molar-refractivity contribution in [2.75, 3.05) is 0 Å². The lowest BCUT2D eigenvalue weighted by Gasteiger charge is -2.10. The van der Waals surface area contributed by atoms with Crippen LogP contribution in [0.1, 0.15) is 31.2 Å². The molecule has 1 aromatic rings. The van der Waals surface area contributed by atoms with Crippen molar-refractivity contribution in [2.24, 2.45) is 5.92 Å². The first-order valence-electron chi connectivity index (χ1n) is 3.97. The van der Waals surface area contributed by atoms with E-state index >= 15 is 0 Å². The first kappa shape index (κ1) is 10.6. The van der Waals surface area contributed by atoms with E-state index in [1.165, 1.54) is 5.56 Å². The van der Waals surface area contributed by atoms with Gasteiger partial charge in [0.2, 0.25) is 0 Å². The molecule has 0 bridgehead atoms. The second kappa shape index (κ2) is 4.64. The lowest BCUT2D eigenvalue weighted by atomic mass is 10.0. The van der Waals surface area contributed by atoms with Gasteiger partial charge in [-0.3, -0.25) is 0 Å². The lowest BCUT2D eigenvalue weighted by Crippen LogP contribution is -1.95. The third-order valence-electron chi connectivity index (χ3n) is 1.66. The number of rotatable bonds is 3. The Bertz CT molecular complexity index is 244. The summed E-state index contributed by atoms with van der Waals surface area (Å²) < 4.78 is 1.15. The van der Waals surface area contributed by atoms with Gasteiger partial charge in [-0.05, 0) is 39.2 Å². The molecule has 1 heterocycles. The quantitative estimate of drug-likeness (QED) is 0.688. The van der Waals surface area contributed by atoms with Crippen molar-refractivity contribution < 1.29 is 0 Å². The fraction of sp³-hybridized carbons (Fsp3) is 0.556. The predicted molar refractivity (Wildman–Crippen MR) is 60.1 cm³/mol. The molecule has 1 rings (SSSR count). The van der Waals surface area contributed by atoms with E-state index in [9.17, 15) is 0 Å². The predicted octanol–water partition coefficient (Wildman–Crippen LogP) is 4.84. The third kappa shape index (κ3) is 2.75. The van der Waals surface area contributed by atoms with Crippen molar-refractivity contribution >= 4 is 38.9 Å². The molecule has 12 heavy (non-hydrogen) atoms. The summed E-state index contributed by atoms with van der Waals surface area (Å²) in [6, 6.07) is 0. The van der Waals surface area contributed by atoms with Gasteiger partial charge in [-0.15, -0.1) is 11.6 Å². The molecule has 1 aromatic heterocycles. The minimum atomic E-state index is 0.158. The Labute approximate surface area is 91.1 Å². The zero-order valence-electron chi connectivity index (χ0n) is 7.18. The van der Waals surface area contributed by atoms with Crippen LogP contribution in [0.5, 0.6) is 0 Å². The van der Waals surface area contributed by atoms with Gasteiger partial charge in [0.25, 0.3) is 0 Å². The van der Waals surface area contributed by atoms with E-state index < -0.39 is 0 Å². The largest absolute Gasteiger partial charge is 0.151 e. The number of hydrogen-bond donors (Lipinski definition) is 0. The molecule has 0 aromatic carbocycles. The zero-order valence-corrected chi connectivity index (χ0v) is 10.3. The van der Waals surface area contributed by atoms with Crippen LogP contribution in [0.25, 0.3) is 0 Å². The summed E-state index contributed by atoms with van der Waals surface area (Å²) in [6.07, 6.45) is 1.04. The van der Waals surface area contributed by atoms with Crippen LogP contribution in [-0.2, 0) is 0 Å². The van der Waals surface area contributed by atoms with E-state index in [4.69, 9.17) is 11.6 Å². The first-order chi connectivity index (χ1) is 5.61. The molecule has 0 spiro atoms. The maximum absolute atomic E-state index is 6.22. The van der Waals surface area contributed by atoms with Crippen LogP contribution in [0.3, 0.4) is 0 Å². The highest BCUT2D eigenvalue weighted by Gasteiger charge is 2.13. The molecular formula is C9H12BrClS. The van der Waals surface area contributed by atoms with Gasteiger partial charge >= 0.3 is 0 Å². The third-order valence-corrected chi connectivity index (χ3v) is 3.82. The second-order valence-electron chi connectivity index (χ2n) is 3.27. The average molecular weight is 268 g/mol. The molecule has 0 saturated carbocycles. The number of hydrogen-bond acceptors (Lipinski definition) is 1. The van der Waals surface area contributed by atoms with Crippen LogP contribution >= 0.6 is 38.9 Å². The molecule has 1 atom stereocenters. The van der Waals surface area contributed by atoms with Crippen LogP contribution in [-0.4, -0.2) is 0 Å². The topological polar surface area (TPSA) is 0 Å². The summed E-state index contributed by atoms with van der Waals surface area (Å²) in [5.41, 5.74) is 1.23. The zero-order chi connectivity index (χ0) is 9.14. The molecule has 0 radical (unpaired) electrons. The minimum Gasteiger partial charge on any atom is -0.151 e. The van der Waals surface area contributed by atoms with E-state index in [2.05, 4.69) is 40.5 Å². The van der Waals surface area contributed by atoms with Gasteiger partial charge in [0.15, 0.2) is 0 Å². The summed E-state index contributed by atoms with van der Waals surface area (Å²) in [5.74, 6) is 0.652. The van der Waals surface area contributed by atoms with Gasteiger partial charge in [0.1, 0.15) is 0 Å². The van der Waals surface area contributed by atoms with E-state index in [0.29, 0.717) is 5.92 Å².